The van der Waals surface area contributed by atoms with E-state index in [4.69, 9.17) is 4.99 Å². The van der Waals surface area contributed by atoms with Crippen molar-refractivity contribution in [1.82, 2.24) is 4.98 Å². The standard InChI is InChI=1S/C16H19N3S/c1-11(2)8-13-10-20-16(18-13)19-15-5-3-4-12-9-17-7-6-14(12)15/h3-7,9,11,13H,8,10H2,1-2H3,(H,18,19). The highest BCUT2D eigenvalue weighted by Gasteiger charge is 2.19. The second-order valence-electron chi connectivity index (χ2n) is 5.56. The minimum absolute atomic E-state index is 0.458. The first-order valence-corrected chi connectivity index (χ1v) is 8.01. The molecule has 2 heterocycles. The van der Waals surface area contributed by atoms with E-state index in [0.29, 0.717) is 12.0 Å². The first kappa shape index (κ1) is 13.4. The van der Waals surface area contributed by atoms with Crippen molar-refractivity contribution in [2.45, 2.75) is 26.3 Å². The van der Waals surface area contributed by atoms with Crippen molar-refractivity contribution in [3.63, 3.8) is 0 Å². The summed E-state index contributed by atoms with van der Waals surface area (Å²) in [6.07, 6.45) is 4.89. The first-order chi connectivity index (χ1) is 9.72. The van der Waals surface area contributed by atoms with Gasteiger partial charge in [0.15, 0.2) is 5.17 Å². The second kappa shape index (κ2) is 5.83. The van der Waals surface area contributed by atoms with Gasteiger partial charge in [0.1, 0.15) is 0 Å². The summed E-state index contributed by atoms with van der Waals surface area (Å²) in [7, 11) is 0. The zero-order chi connectivity index (χ0) is 13.9. The van der Waals surface area contributed by atoms with Gasteiger partial charge < -0.3 is 5.32 Å². The molecule has 0 fully saturated rings. The van der Waals surface area contributed by atoms with E-state index in [2.05, 4.69) is 42.3 Å². The van der Waals surface area contributed by atoms with Crippen LogP contribution in [-0.4, -0.2) is 21.9 Å². The molecule has 0 bridgehead atoms. The molecule has 4 heteroatoms. The zero-order valence-electron chi connectivity index (χ0n) is 11.8. The summed E-state index contributed by atoms with van der Waals surface area (Å²) < 4.78 is 0. The molecule has 3 rings (SSSR count). The lowest BCUT2D eigenvalue weighted by molar-refractivity contribution is 0.529. The lowest BCUT2D eigenvalue weighted by Crippen LogP contribution is -2.08. The predicted molar refractivity (Wildman–Crippen MR) is 88.5 cm³/mol. The van der Waals surface area contributed by atoms with Crippen LogP contribution in [0.2, 0.25) is 0 Å². The van der Waals surface area contributed by atoms with Gasteiger partial charge in [-0.05, 0) is 24.5 Å². The molecule has 0 saturated heterocycles. The Kier molecular flexibility index (Phi) is 3.92. The quantitative estimate of drug-likeness (QED) is 0.920. The molecule has 0 radical (unpaired) electrons. The molecule has 1 aliphatic rings. The molecule has 0 amide bonds. The van der Waals surface area contributed by atoms with E-state index in [1.165, 1.54) is 5.39 Å². The van der Waals surface area contributed by atoms with Gasteiger partial charge in [0.25, 0.3) is 0 Å². The van der Waals surface area contributed by atoms with E-state index in [9.17, 15) is 0 Å². The van der Waals surface area contributed by atoms with Crippen molar-refractivity contribution in [2.24, 2.45) is 10.9 Å². The summed E-state index contributed by atoms with van der Waals surface area (Å²) in [4.78, 5) is 8.95. The number of aromatic nitrogens is 1. The third-order valence-corrected chi connectivity index (χ3v) is 4.41. The number of thioether (sulfide) groups is 1. The Labute approximate surface area is 123 Å². The van der Waals surface area contributed by atoms with Crippen molar-refractivity contribution < 1.29 is 0 Å². The number of benzene rings is 1. The minimum atomic E-state index is 0.458. The Morgan fingerprint density at radius 3 is 3.10 bits per heavy atom. The molecule has 1 aromatic carbocycles. The molecule has 104 valence electrons. The van der Waals surface area contributed by atoms with Crippen LogP contribution in [0.1, 0.15) is 20.3 Å². The van der Waals surface area contributed by atoms with Crippen LogP contribution >= 0.6 is 11.8 Å². The highest BCUT2D eigenvalue weighted by molar-refractivity contribution is 8.14. The Balaban J connectivity index is 1.80. The second-order valence-corrected chi connectivity index (χ2v) is 6.56. The number of fused-ring (bicyclic) bond motifs is 1. The van der Waals surface area contributed by atoms with Crippen LogP contribution in [0.5, 0.6) is 0 Å². The smallest absolute Gasteiger partial charge is 0.161 e. The van der Waals surface area contributed by atoms with Crippen molar-refractivity contribution >= 4 is 33.4 Å². The van der Waals surface area contributed by atoms with E-state index in [1.54, 1.807) is 0 Å². The van der Waals surface area contributed by atoms with Gasteiger partial charge in [0.2, 0.25) is 0 Å². The zero-order valence-corrected chi connectivity index (χ0v) is 12.7. The number of pyridine rings is 1. The van der Waals surface area contributed by atoms with Gasteiger partial charge in [-0.1, -0.05) is 37.7 Å². The van der Waals surface area contributed by atoms with Crippen molar-refractivity contribution in [1.29, 1.82) is 0 Å². The Bertz CT molecular complexity index is 631. The fraction of sp³-hybridized carbons (Fsp3) is 0.375. The number of anilines is 1. The lowest BCUT2D eigenvalue weighted by atomic mass is 10.1. The van der Waals surface area contributed by atoms with E-state index in [-0.39, 0.29) is 0 Å². The fourth-order valence-electron chi connectivity index (χ4n) is 2.50. The molecule has 1 atom stereocenters. The number of rotatable bonds is 3. The van der Waals surface area contributed by atoms with Crippen LogP contribution in [0.3, 0.4) is 0 Å². The maximum Gasteiger partial charge on any atom is 0.161 e. The average molecular weight is 285 g/mol. The maximum absolute atomic E-state index is 4.78. The number of nitrogens with one attached hydrogen (secondary N) is 1. The molecule has 0 aliphatic carbocycles. The van der Waals surface area contributed by atoms with Crippen LogP contribution in [0, 0.1) is 5.92 Å². The molecule has 1 aliphatic heterocycles. The van der Waals surface area contributed by atoms with Gasteiger partial charge in [0.05, 0.1) is 6.04 Å². The minimum Gasteiger partial charge on any atom is -0.334 e. The largest absolute Gasteiger partial charge is 0.334 e. The molecule has 1 N–H and O–H groups in total. The molecule has 2 aromatic rings. The molecule has 3 nitrogen and oxygen atoms in total. The molecule has 1 aromatic heterocycles. The Morgan fingerprint density at radius 2 is 2.25 bits per heavy atom. The van der Waals surface area contributed by atoms with Crippen molar-refractivity contribution in [2.75, 3.05) is 11.1 Å². The topological polar surface area (TPSA) is 37.3 Å². The Morgan fingerprint density at radius 1 is 1.35 bits per heavy atom. The summed E-state index contributed by atoms with van der Waals surface area (Å²) >= 11 is 1.82. The van der Waals surface area contributed by atoms with Crippen LogP contribution in [0.25, 0.3) is 10.8 Å². The lowest BCUT2D eigenvalue weighted by Gasteiger charge is -2.09. The number of hydrogen-bond acceptors (Lipinski definition) is 4. The average Bonchev–Trinajstić information content (AvgIpc) is 2.86. The summed E-state index contributed by atoms with van der Waals surface area (Å²) in [5, 5.41) is 6.86. The maximum atomic E-state index is 4.78. The first-order valence-electron chi connectivity index (χ1n) is 7.03. The van der Waals surface area contributed by atoms with Crippen LogP contribution < -0.4 is 5.32 Å². The molecule has 0 spiro atoms. The van der Waals surface area contributed by atoms with Crippen LogP contribution in [-0.2, 0) is 0 Å². The van der Waals surface area contributed by atoms with Crippen molar-refractivity contribution in [3.8, 4) is 0 Å². The van der Waals surface area contributed by atoms with Gasteiger partial charge in [0, 0.05) is 34.6 Å². The normalized spacial score (nSPS) is 18.6. The highest BCUT2D eigenvalue weighted by atomic mass is 32.2. The molecule has 20 heavy (non-hydrogen) atoms. The summed E-state index contributed by atoms with van der Waals surface area (Å²) in [6.45, 7) is 4.51. The van der Waals surface area contributed by atoms with Crippen LogP contribution in [0.15, 0.2) is 41.7 Å². The van der Waals surface area contributed by atoms with Crippen molar-refractivity contribution in [3.05, 3.63) is 36.7 Å². The van der Waals surface area contributed by atoms with Gasteiger partial charge in [-0.25, -0.2) is 0 Å². The highest BCUT2D eigenvalue weighted by Crippen LogP contribution is 2.27. The van der Waals surface area contributed by atoms with E-state index < -0.39 is 0 Å². The monoisotopic (exact) mass is 285 g/mol. The SMILES string of the molecule is CC(C)CC1CSC(Nc2cccc3cnccc23)=N1. The van der Waals surface area contributed by atoms with E-state index in [1.807, 2.05) is 30.2 Å². The molecule has 1 unspecified atom stereocenters. The van der Waals surface area contributed by atoms with E-state index >= 15 is 0 Å². The van der Waals surface area contributed by atoms with E-state index in [0.717, 1.165) is 28.4 Å². The summed E-state index contributed by atoms with van der Waals surface area (Å²) in [6, 6.07) is 8.74. The fourth-order valence-corrected chi connectivity index (χ4v) is 3.46. The Hall–Kier alpha value is -1.55. The number of hydrogen-bond donors (Lipinski definition) is 1. The van der Waals surface area contributed by atoms with Gasteiger partial charge in [-0.2, -0.15) is 0 Å². The van der Waals surface area contributed by atoms with Gasteiger partial charge in [-0.15, -0.1) is 0 Å². The third-order valence-electron chi connectivity index (χ3n) is 3.38. The third kappa shape index (κ3) is 2.96. The van der Waals surface area contributed by atoms with Gasteiger partial charge in [-0.3, -0.25) is 9.98 Å². The van der Waals surface area contributed by atoms with Gasteiger partial charge >= 0.3 is 0 Å². The molecular weight excluding hydrogens is 266 g/mol. The molecular formula is C16H19N3S. The number of nitrogens with zero attached hydrogens (tertiary/aromatic N) is 2. The summed E-state index contributed by atoms with van der Waals surface area (Å²) in [5.74, 6) is 1.79. The molecule has 0 saturated carbocycles. The number of amidine groups is 1. The van der Waals surface area contributed by atoms with Crippen LogP contribution in [0.4, 0.5) is 5.69 Å². The summed E-state index contributed by atoms with van der Waals surface area (Å²) in [5.41, 5.74) is 1.11. The number of aliphatic imine (C=N–C) groups is 1. The predicted octanol–water partition coefficient (Wildman–Crippen LogP) is 4.16.